The lowest BCUT2D eigenvalue weighted by Gasteiger charge is -2.21. The number of carboxylic acid groups (broad SMARTS) is 1. The molecule has 1 aliphatic heterocycles. The molecule has 0 spiro atoms. The molecular formula is C13H14ClNO4. The smallest absolute Gasteiger partial charge is 0.326 e. The third-order valence-corrected chi connectivity index (χ3v) is 3.40. The molecule has 0 bridgehead atoms. The van der Waals surface area contributed by atoms with Crippen LogP contribution in [0.25, 0.3) is 0 Å². The lowest BCUT2D eigenvalue weighted by atomic mass is 10.1. The summed E-state index contributed by atoms with van der Waals surface area (Å²) >= 11 is 5.75. The van der Waals surface area contributed by atoms with Gasteiger partial charge in [-0.25, -0.2) is 4.79 Å². The van der Waals surface area contributed by atoms with E-state index in [9.17, 15) is 14.7 Å². The summed E-state index contributed by atoms with van der Waals surface area (Å²) in [5.41, 5.74) is 0.764. The minimum atomic E-state index is -1.08. The average molecular weight is 284 g/mol. The monoisotopic (exact) mass is 283 g/mol. The number of halogens is 1. The van der Waals surface area contributed by atoms with E-state index in [4.69, 9.17) is 16.7 Å². The topological polar surface area (TPSA) is 77.8 Å². The van der Waals surface area contributed by atoms with Crippen LogP contribution in [0.3, 0.4) is 0 Å². The Balaban J connectivity index is 2.06. The predicted molar refractivity (Wildman–Crippen MR) is 68.9 cm³/mol. The number of benzene rings is 1. The molecule has 0 aliphatic carbocycles. The molecule has 19 heavy (non-hydrogen) atoms. The minimum Gasteiger partial charge on any atom is -0.480 e. The fraction of sp³-hybridized carbons (Fsp3) is 0.385. The van der Waals surface area contributed by atoms with Crippen LogP contribution in [0.1, 0.15) is 12.0 Å². The van der Waals surface area contributed by atoms with Crippen LogP contribution >= 0.6 is 11.6 Å². The van der Waals surface area contributed by atoms with Crippen LogP contribution in [0.4, 0.5) is 0 Å². The normalized spacial score (nSPS) is 22.5. The van der Waals surface area contributed by atoms with Gasteiger partial charge in [0.15, 0.2) is 0 Å². The molecular weight excluding hydrogens is 270 g/mol. The van der Waals surface area contributed by atoms with Gasteiger partial charge in [0, 0.05) is 18.0 Å². The number of amides is 1. The maximum Gasteiger partial charge on any atom is 0.326 e. The van der Waals surface area contributed by atoms with Crippen LogP contribution in [0.2, 0.25) is 5.02 Å². The van der Waals surface area contributed by atoms with Crippen LogP contribution in [-0.4, -0.2) is 45.7 Å². The summed E-state index contributed by atoms with van der Waals surface area (Å²) in [7, 11) is 0. The van der Waals surface area contributed by atoms with Crippen molar-refractivity contribution in [1.29, 1.82) is 0 Å². The molecule has 1 aromatic rings. The number of rotatable bonds is 3. The molecule has 2 N–H and O–H groups in total. The molecule has 0 saturated carbocycles. The van der Waals surface area contributed by atoms with Gasteiger partial charge in [-0.1, -0.05) is 23.7 Å². The molecule has 0 unspecified atom stereocenters. The summed E-state index contributed by atoms with van der Waals surface area (Å²) in [6.07, 6.45) is -0.578. The van der Waals surface area contributed by atoms with Crippen molar-refractivity contribution < 1.29 is 19.8 Å². The number of hydrogen-bond acceptors (Lipinski definition) is 3. The van der Waals surface area contributed by atoms with Crippen LogP contribution in [0.5, 0.6) is 0 Å². The van der Waals surface area contributed by atoms with E-state index in [2.05, 4.69) is 0 Å². The largest absolute Gasteiger partial charge is 0.480 e. The molecule has 0 aromatic heterocycles. The Bertz CT molecular complexity index is 488. The van der Waals surface area contributed by atoms with Gasteiger partial charge in [-0.15, -0.1) is 0 Å². The number of β-amino-alcohol motifs (C(OH)–C–C–N with tert-alkyl or cyclic N) is 1. The molecule has 5 nitrogen and oxygen atoms in total. The first-order valence-corrected chi connectivity index (χ1v) is 6.30. The molecule has 6 heteroatoms. The quantitative estimate of drug-likeness (QED) is 0.865. The summed E-state index contributed by atoms with van der Waals surface area (Å²) in [5.74, 6) is -1.38. The van der Waals surface area contributed by atoms with E-state index < -0.39 is 18.1 Å². The fourth-order valence-corrected chi connectivity index (χ4v) is 2.33. The number of nitrogens with zero attached hydrogens (tertiary/aromatic N) is 1. The number of hydrogen-bond donors (Lipinski definition) is 2. The van der Waals surface area contributed by atoms with Gasteiger partial charge in [0.25, 0.3) is 0 Å². The first-order chi connectivity index (χ1) is 8.97. The zero-order valence-electron chi connectivity index (χ0n) is 10.1. The van der Waals surface area contributed by atoms with Crippen molar-refractivity contribution in [2.45, 2.75) is 25.0 Å². The third-order valence-electron chi connectivity index (χ3n) is 3.15. The molecule has 102 valence electrons. The highest BCUT2D eigenvalue weighted by atomic mass is 35.5. The van der Waals surface area contributed by atoms with Crippen molar-refractivity contribution in [2.75, 3.05) is 6.54 Å². The number of carbonyl (C=O) groups excluding carboxylic acids is 1. The van der Waals surface area contributed by atoms with Crippen molar-refractivity contribution in [3.8, 4) is 0 Å². The number of aliphatic hydroxyl groups excluding tert-OH is 1. The SMILES string of the molecule is O=C(O)[C@@H]1C[C@H](O)CN1C(=O)Cc1ccc(Cl)cc1. The maximum atomic E-state index is 12.1. The van der Waals surface area contributed by atoms with E-state index in [-0.39, 0.29) is 25.3 Å². The lowest BCUT2D eigenvalue weighted by molar-refractivity contribution is -0.148. The molecule has 1 aromatic carbocycles. The number of likely N-dealkylation sites (tertiary alicyclic amines) is 1. The highest BCUT2D eigenvalue weighted by molar-refractivity contribution is 6.30. The Labute approximate surface area is 115 Å². The van der Waals surface area contributed by atoms with Gasteiger partial charge in [0.05, 0.1) is 12.5 Å². The molecule has 1 aliphatic rings. The summed E-state index contributed by atoms with van der Waals surface area (Å²) in [6, 6.07) is 5.87. The highest BCUT2D eigenvalue weighted by Crippen LogP contribution is 2.20. The molecule has 1 saturated heterocycles. The van der Waals surface area contributed by atoms with E-state index in [0.29, 0.717) is 5.02 Å². The zero-order valence-corrected chi connectivity index (χ0v) is 10.9. The predicted octanol–water partition coefficient (Wildman–Crippen LogP) is 0.929. The van der Waals surface area contributed by atoms with Gasteiger partial charge in [-0.3, -0.25) is 4.79 Å². The minimum absolute atomic E-state index is 0.0728. The van der Waals surface area contributed by atoms with Gasteiger partial charge in [-0.05, 0) is 17.7 Å². The Morgan fingerprint density at radius 1 is 1.32 bits per heavy atom. The first-order valence-electron chi connectivity index (χ1n) is 5.92. The molecule has 1 fully saturated rings. The molecule has 1 heterocycles. The van der Waals surface area contributed by atoms with Crippen molar-refractivity contribution in [1.82, 2.24) is 4.90 Å². The van der Waals surface area contributed by atoms with Crippen LogP contribution in [0, 0.1) is 0 Å². The Morgan fingerprint density at radius 2 is 1.95 bits per heavy atom. The highest BCUT2D eigenvalue weighted by Gasteiger charge is 2.38. The van der Waals surface area contributed by atoms with E-state index in [0.717, 1.165) is 5.56 Å². The summed E-state index contributed by atoms with van der Waals surface area (Å²) in [5, 5.41) is 19.1. The molecule has 2 atom stereocenters. The average Bonchev–Trinajstić information content (AvgIpc) is 2.74. The number of carbonyl (C=O) groups is 2. The molecule has 1 amide bonds. The van der Waals surface area contributed by atoms with E-state index in [1.165, 1.54) is 4.90 Å². The van der Waals surface area contributed by atoms with Crippen molar-refractivity contribution in [3.63, 3.8) is 0 Å². The second-order valence-corrected chi connectivity index (χ2v) is 5.03. The van der Waals surface area contributed by atoms with Crippen molar-refractivity contribution >= 4 is 23.5 Å². The lowest BCUT2D eigenvalue weighted by Crippen LogP contribution is -2.41. The number of aliphatic carboxylic acids is 1. The number of aliphatic hydroxyl groups is 1. The van der Waals surface area contributed by atoms with Gasteiger partial charge in [-0.2, -0.15) is 0 Å². The summed E-state index contributed by atoms with van der Waals surface area (Å²) in [4.78, 5) is 24.3. The van der Waals surface area contributed by atoms with Gasteiger partial charge < -0.3 is 15.1 Å². The zero-order chi connectivity index (χ0) is 14.0. The Hall–Kier alpha value is -1.59. The number of carboxylic acids is 1. The van der Waals surface area contributed by atoms with Crippen molar-refractivity contribution in [2.24, 2.45) is 0 Å². The van der Waals surface area contributed by atoms with E-state index in [1.807, 2.05) is 0 Å². The first kappa shape index (κ1) is 13.8. The van der Waals surface area contributed by atoms with E-state index >= 15 is 0 Å². The second-order valence-electron chi connectivity index (χ2n) is 4.59. The van der Waals surface area contributed by atoms with Crippen LogP contribution in [0.15, 0.2) is 24.3 Å². The fourth-order valence-electron chi connectivity index (χ4n) is 2.20. The maximum absolute atomic E-state index is 12.1. The molecule has 0 radical (unpaired) electrons. The van der Waals surface area contributed by atoms with Crippen molar-refractivity contribution in [3.05, 3.63) is 34.9 Å². The van der Waals surface area contributed by atoms with Gasteiger partial charge in [0.1, 0.15) is 6.04 Å². The molecule has 2 rings (SSSR count). The van der Waals surface area contributed by atoms with Gasteiger partial charge in [0.2, 0.25) is 5.91 Å². The van der Waals surface area contributed by atoms with Gasteiger partial charge >= 0.3 is 5.97 Å². The standard InChI is InChI=1S/C13H14ClNO4/c14-9-3-1-8(2-4-9)5-12(17)15-7-10(16)6-11(15)13(18)19/h1-4,10-11,16H,5-7H2,(H,18,19)/t10-,11-/m0/s1. The third kappa shape index (κ3) is 3.24. The van der Waals surface area contributed by atoms with E-state index in [1.54, 1.807) is 24.3 Å². The Kier molecular flexibility index (Phi) is 4.07. The summed E-state index contributed by atoms with van der Waals surface area (Å²) < 4.78 is 0. The summed E-state index contributed by atoms with van der Waals surface area (Å²) in [6.45, 7) is 0.0728. The second kappa shape index (κ2) is 5.59. The Morgan fingerprint density at radius 3 is 2.53 bits per heavy atom. The van der Waals surface area contributed by atoms with Crippen LogP contribution < -0.4 is 0 Å². The van der Waals surface area contributed by atoms with Crippen LogP contribution in [-0.2, 0) is 16.0 Å².